The molecule has 0 saturated carbocycles. The van der Waals surface area contributed by atoms with Gasteiger partial charge in [0.15, 0.2) is 5.78 Å². The lowest BCUT2D eigenvalue weighted by Gasteiger charge is -2.10. The summed E-state index contributed by atoms with van der Waals surface area (Å²) in [7, 11) is 0. The number of carbonyl (C=O) groups is 1. The number of aromatic hydroxyl groups is 1. The molecule has 0 aliphatic rings. The SMILES string of the molecule is O=C(CBr)c1cccc(C(F)(F)F)c1O. The van der Waals surface area contributed by atoms with Crippen LogP contribution in [0.5, 0.6) is 5.75 Å². The van der Waals surface area contributed by atoms with Gasteiger partial charge in [-0.25, -0.2) is 0 Å². The first-order valence-electron chi connectivity index (χ1n) is 3.86. The topological polar surface area (TPSA) is 37.3 Å². The highest BCUT2D eigenvalue weighted by atomic mass is 79.9. The number of carbonyl (C=O) groups excluding carboxylic acids is 1. The Kier molecular flexibility index (Phi) is 3.38. The Morgan fingerprint density at radius 3 is 2.47 bits per heavy atom. The van der Waals surface area contributed by atoms with Crippen LogP contribution in [0, 0.1) is 0 Å². The van der Waals surface area contributed by atoms with Crippen molar-refractivity contribution in [2.24, 2.45) is 0 Å². The van der Waals surface area contributed by atoms with Gasteiger partial charge in [0.1, 0.15) is 5.75 Å². The Labute approximate surface area is 91.8 Å². The van der Waals surface area contributed by atoms with Crippen LogP contribution < -0.4 is 0 Å². The second kappa shape index (κ2) is 4.22. The number of phenols is 1. The molecule has 1 aromatic rings. The van der Waals surface area contributed by atoms with Crippen LogP contribution in [0.1, 0.15) is 15.9 Å². The van der Waals surface area contributed by atoms with E-state index in [-0.39, 0.29) is 10.9 Å². The zero-order valence-electron chi connectivity index (χ0n) is 7.31. The van der Waals surface area contributed by atoms with Gasteiger partial charge in [0.25, 0.3) is 0 Å². The average Bonchev–Trinajstić information content (AvgIpc) is 2.15. The first kappa shape index (κ1) is 12.0. The van der Waals surface area contributed by atoms with E-state index in [2.05, 4.69) is 15.9 Å². The summed E-state index contributed by atoms with van der Waals surface area (Å²) < 4.78 is 36.9. The Bertz CT molecular complexity index is 387. The van der Waals surface area contributed by atoms with Crippen LogP contribution in [-0.2, 0) is 6.18 Å². The molecular formula is C9H6BrF3O2. The van der Waals surface area contributed by atoms with Crippen LogP contribution in [0.4, 0.5) is 13.2 Å². The number of rotatable bonds is 2. The molecule has 0 aromatic heterocycles. The molecule has 0 spiro atoms. The van der Waals surface area contributed by atoms with E-state index in [4.69, 9.17) is 0 Å². The minimum atomic E-state index is -4.66. The predicted octanol–water partition coefficient (Wildman–Crippen LogP) is 2.99. The Balaban J connectivity index is 3.30. The number of hydrogen-bond acceptors (Lipinski definition) is 2. The van der Waals surface area contributed by atoms with Crippen LogP contribution in [0.2, 0.25) is 0 Å². The second-order valence-electron chi connectivity index (χ2n) is 2.76. The maximum atomic E-state index is 12.3. The molecule has 6 heteroatoms. The molecule has 0 saturated heterocycles. The monoisotopic (exact) mass is 282 g/mol. The third-order valence-corrected chi connectivity index (χ3v) is 2.27. The molecule has 1 rings (SSSR count). The van der Waals surface area contributed by atoms with E-state index in [1.807, 2.05) is 0 Å². The van der Waals surface area contributed by atoms with Gasteiger partial charge in [-0.15, -0.1) is 0 Å². The Morgan fingerprint density at radius 1 is 1.40 bits per heavy atom. The molecule has 15 heavy (non-hydrogen) atoms. The number of benzene rings is 1. The van der Waals surface area contributed by atoms with Gasteiger partial charge < -0.3 is 5.11 Å². The summed E-state index contributed by atoms with van der Waals surface area (Å²) in [5, 5.41) is 9.13. The van der Waals surface area contributed by atoms with Gasteiger partial charge >= 0.3 is 6.18 Å². The van der Waals surface area contributed by atoms with Crippen LogP contribution in [0.25, 0.3) is 0 Å². The second-order valence-corrected chi connectivity index (χ2v) is 3.32. The van der Waals surface area contributed by atoms with E-state index in [1.165, 1.54) is 0 Å². The third kappa shape index (κ3) is 2.50. The summed E-state index contributed by atoms with van der Waals surface area (Å²) in [5.74, 6) is -1.62. The van der Waals surface area contributed by atoms with Gasteiger partial charge in [-0.3, -0.25) is 4.79 Å². The molecule has 1 aromatic carbocycles. The van der Waals surface area contributed by atoms with Crippen molar-refractivity contribution in [2.75, 3.05) is 5.33 Å². The molecule has 0 aliphatic carbocycles. The highest BCUT2D eigenvalue weighted by Gasteiger charge is 2.35. The molecule has 2 nitrogen and oxygen atoms in total. The van der Waals surface area contributed by atoms with E-state index in [0.29, 0.717) is 0 Å². The predicted molar refractivity (Wildman–Crippen MR) is 51.2 cm³/mol. The molecule has 0 radical (unpaired) electrons. The van der Waals surface area contributed by atoms with Crippen LogP contribution in [0.3, 0.4) is 0 Å². The van der Waals surface area contributed by atoms with Crippen molar-refractivity contribution < 1.29 is 23.1 Å². The molecule has 0 heterocycles. The molecule has 0 unspecified atom stereocenters. The van der Waals surface area contributed by atoms with Crippen molar-refractivity contribution in [3.63, 3.8) is 0 Å². The minimum absolute atomic E-state index is 0.137. The lowest BCUT2D eigenvalue weighted by molar-refractivity contribution is -0.138. The van der Waals surface area contributed by atoms with E-state index in [0.717, 1.165) is 18.2 Å². The lowest BCUT2D eigenvalue weighted by Crippen LogP contribution is -2.09. The largest absolute Gasteiger partial charge is 0.507 e. The normalized spacial score (nSPS) is 11.5. The summed E-state index contributed by atoms with van der Waals surface area (Å²) in [6.07, 6.45) is -4.66. The van der Waals surface area contributed by atoms with Crippen molar-refractivity contribution in [3.8, 4) is 5.75 Å². The summed E-state index contributed by atoms with van der Waals surface area (Å²) in [4.78, 5) is 11.1. The maximum Gasteiger partial charge on any atom is 0.419 e. The number of ketones is 1. The van der Waals surface area contributed by atoms with Crippen molar-refractivity contribution in [3.05, 3.63) is 29.3 Å². The smallest absolute Gasteiger partial charge is 0.419 e. The van der Waals surface area contributed by atoms with Crippen molar-refractivity contribution in [2.45, 2.75) is 6.18 Å². The fraction of sp³-hybridized carbons (Fsp3) is 0.222. The number of phenolic OH excluding ortho intramolecular Hbond substituents is 1. The zero-order chi connectivity index (χ0) is 11.6. The summed E-state index contributed by atoms with van der Waals surface area (Å²) in [5.41, 5.74) is -1.53. The molecule has 0 fully saturated rings. The highest BCUT2D eigenvalue weighted by Crippen LogP contribution is 2.37. The summed E-state index contributed by atoms with van der Waals surface area (Å²) >= 11 is 2.82. The van der Waals surface area contributed by atoms with Crippen LogP contribution in [-0.4, -0.2) is 16.2 Å². The number of hydrogen-bond donors (Lipinski definition) is 1. The van der Waals surface area contributed by atoms with E-state index < -0.39 is 23.3 Å². The maximum absolute atomic E-state index is 12.3. The van der Waals surface area contributed by atoms with Gasteiger partial charge in [-0.05, 0) is 12.1 Å². The van der Waals surface area contributed by atoms with E-state index >= 15 is 0 Å². The summed E-state index contributed by atoms with van der Waals surface area (Å²) in [6.45, 7) is 0. The van der Waals surface area contributed by atoms with Gasteiger partial charge in [0, 0.05) is 0 Å². The molecular weight excluding hydrogens is 277 g/mol. The first-order chi connectivity index (χ1) is 6.88. The molecule has 0 aliphatic heterocycles. The standard InChI is InChI=1S/C9H6BrF3O2/c10-4-7(14)5-2-1-3-6(8(5)15)9(11,12)13/h1-3,15H,4H2. The molecule has 1 N–H and O–H groups in total. The van der Waals surface area contributed by atoms with Crippen molar-refractivity contribution >= 4 is 21.7 Å². The number of halogens is 4. The summed E-state index contributed by atoms with van der Waals surface area (Å²) in [6, 6.07) is 2.95. The zero-order valence-corrected chi connectivity index (χ0v) is 8.89. The van der Waals surface area contributed by atoms with Gasteiger partial charge in [-0.1, -0.05) is 22.0 Å². The highest BCUT2D eigenvalue weighted by molar-refractivity contribution is 9.09. The van der Waals surface area contributed by atoms with Crippen molar-refractivity contribution in [1.29, 1.82) is 0 Å². The number of alkyl halides is 4. The molecule has 82 valence electrons. The lowest BCUT2D eigenvalue weighted by atomic mass is 10.1. The molecule has 0 amide bonds. The quantitative estimate of drug-likeness (QED) is 0.669. The van der Waals surface area contributed by atoms with Gasteiger partial charge in [-0.2, -0.15) is 13.2 Å². The minimum Gasteiger partial charge on any atom is -0.507 e. The molecule has 0 bridgehead atoms. The van der Waals surface area contributed by atoms with Crippen LogP contribution >= 0.6 is 15.9 Å². The third-order valence-electron chi connectivity index (χ3n) is 1.76. The Morgan fingerprint density at radius 2 is 2.00 bits per heavy atom. The first-order valence-corrected chi connectivity index (χ1v) is 4.98. The van der Waals surface area contributed by atoms with Gasteiger partial charge in [0.05, 0.1) is 16.5 Å². The number of Topliss-reactive ketones (excluding diaryl/α,β-unsaturated/α-hetero) is 1. The van der Waals surface area contributed by atoms with Crippen LogP contribution in [0.15, 0.2) is 18.2 Å². The van der Waals surface area contributed by atoms with Gasteiger partial charge in [0.2, 0.25) is 0 Å². The fourth-order valence-electron chi connectivity index (χ4n) is 1.07. The molecule has 0 atom stereocenters. The Hall–Kier alpha value is -1.04. The fourth-order valence-corrected chi connectivity index (χ4v) is 1.37. The average molecular weight is 283 g/mol. The van der Waals surface area contributed by atoms with E-state index in [9.17, 15) is 23.1 Å². The number of para-hydroxylation sites is 1. The van der Waals surface area contributed by atoms with Crippen molar-refractivity contribution in [1.82, 2.24) is 0 Å². The van der Waals surface area contributed by atoms with E-state index in [1.54, 1.807) is 0 Å².